The SMILES string of the molecule is COc1ccc(CCC2(NCC(O)c3ccc(O)c4c3OCC(=O)N4)CCCCC2)cc1. The van der Waals surface area contributed by atoms with Crippen LogP contribution in [-0.2, 0) is 11.2 Å². The Morgan fingerprint density at radius 1 is 1.16 bits per heavy atom. The van der Waals surface area contributed by atoms with Crippen LogP contribution in [0.5, 0.6) is 17.2 Å². The molecule has 1 amide bonds. The number of aromatic hydroxyl groups is 1. The van der Waals surface area contributed by atoms with E-state index in [9.17, 15) is 15.0 Å². The van der Waals surface area contributed by atoms with Gasteiger partial charge in [0.2, 0.25) is 0 Å². The van der Waals surface area contributed by atoms with Crippen LogP contribution in [0.4, 0.5) is 5.69 Å². The lowest BCUT2D eigenvalue weighted by atomic mass is 9.77. The van der Waals surface area contributed by atoms with E-state index in [1.807, 2.05) is 12.1 Å². The third-order valence-electron chi connectivity index (χ3n) is 6.67. The van der Waals surface area contributed by atoms with Crippen LogP contribution in [0.1, 0.15) is 55.8 Å². The first-order valence-corrected chi connectivity index (χ1v) is 11.3. The Kier molecular flexibility index (Phi) is 6.86. The molecule has 2 aromatic carbocycles. The largest absolute Gasteiger partial charge is 0.506 e. The first-order chi connectivity index (χ1) is 15.5. The molecule has 0 aromatic heterocycles. The van der Waals surface area contributed by atoms with Gasteiger partial charge in [0.1, 0.15) is 17.2 Å². The molecule has 2 aromatic rings. The number of aliphatic hydroxyl groups excluding tert-OH is 1. The Labute approximate surface area is 188 Å². The van der Waals surface area contributed by atoms with Gasteiger partial charge in [-0.15, -0.1) is 0 Å². The fourth-order valence-corrected chi connectivity index (χ4v) is 4.78. The maximum atomic E-state index is 11.6. The molecule has 1 aliphatic heterocycles. The number of anilines is 1. The predicted molar refractivity (Wildman–Crippen MR) is 122 cm³/mol. The second-order valence-electron chi connectivity index (χ2n) is 8.80. The standard InChI is InChI=1S/C25H32N2O5/c1-31-18-7-5-17(6-8-18)11-14-25(12-3-2-4-13-25)26-15-21(29)19-9-10-20(28)23-24(19)32-16-22(30)27-23/h5-10,21,26,28-29H,2-4,11-16H2,1H3,(H,27,30). The molecular formula is C25H32N2O5. The van der Waals surface area contributed by atoms with Crippen LogP contribution in [0, 0.1) is 0 Å². The molecule has 0 bridgehead atoms. The summed E-state index contributed by atoms with van der Waals surface area (Å²) < 4.78 is 10.8. The quantitative estimate of drug-likeness (QED) is 0.467. The number of ether oxygens (including phenoxy) is 2. The highest BCUT2D eigenvalue weighted by atomic mass is 16.5. The maximum absolute atomic E-state index is 11.6. The van der Waals surface area contributed by atoms with E-state index in [-0.39, 0.29) is 29.5 Å². The maximum Gasteiger partial charge on any atom is 0.262 e. The zero-order valence-corrected chi connectivity index (χ0v) is 18.5. The van der Waals surface area contributed by atoms with Crippen LogP contribution in [0.15, 0.2) is 36.4 Å². The molecule has 4 N–H and O–H groups in total. The molecule has 0 saturated heterocycles. The third kappa shape index (κ3) is 5.00. The molecule has 2 aliphatic rings. The lowest BCUT2D eigenvalue weighted by Crippen LogP contribution is -2.48. The van der Waals surface area contributed by atoms with Gasteiger partial charge in [0.05, 0.1) is 13.2 Å². The van der Waals surface area contributed by atoms with Crippen molar-refractivity contribution in [2.75, 3.05) is 25.6 Å². The van der Waals surface area contributed by atoms with E-state index in [0.29, 0.717) is 17.9 Å². The van der Waals surface area contributed by atoms with Crippen LogP contribution >= 0.6 is 0 Å². The second kappa shape index (κ2) is 9.79. The number of phenolic OH excluding ortho intramolecular Hbond substituents is 1. The lowest BCUT2D eigenvalue weighted by molar-refractivity contribution is -0.118. The third-order valence-corrected chi connectivity index (χ3v) is 6.67. The summed E-state index contributed by atoms with van der Waals surface area (Å²) in [6.07, 6.45) is 6.88. The summed E-state index contributed by atoms with van der Waals surface area (Å²) in [5, 5.41) is 27.3. The fraction of sp³-hybridized carbons (Fsp3) is 0.480. The number of amides is 1. The van der Waals surface area contributed by atoms with Crippen LogP contribution < -0.4 is 20.1 Å². The van der Waals surface area contributed by atoms with Gasteiger partial charge in [-0.25, -0.2) is 0 Å². The number of β-amino-alcohol motifs (C(OH)–C–C–N with tert-alkyl or cyclic N) is 1. The van der Waals surface area contributed by atoms with Crippen molar-refractivity contribution < 1.29 is 24.5 Å². The lowest BCUT2D eigenvalue weighted by Gasteiger charge is -2.39. The molecule has 4 rings (SSSR count). The average Bonchev–Trinajstić information content (AvgIpc) is 2.83. The van der Waals surface area contributed by atoms with Crippen LogP contribution in [0.25, 0.3) is 0 Å². The summed E-state index contributed by atoms with van der Waals surface area (Å²) in [4.78, 5) is 11.6. The molecule has 7 heteroatoms. The number of carbonyl (C=O) groups is 1. The van der Waals surface area contributed by atoms with E-state index < -0.39 is 6.10 Å². The number of carbonyl (C=O) groups excluding carboxylic acids is 1. The number of methoxy groups -OCH3 is 1. The molecule has 1 saturated carbocycles. The summed E-state index contributed by atoms with van der Waals surface area (Å²) in [5.41, 5.74) is 2.04. The van der Waals surface area contributed by atoms with Crippen molar-refractivity contribution in [2.24, 2.45) is 0 Å². The van der Waals surface area contributed by atoms with Gasteiger partial charge in [0, 0.05) is 17.6 Å². The number of phenols is 1. The van der Waals surface area contributed by atoms with Crippen molar-refractivity contribution in [3.8, 4) is 17.2 Å². The van der Waals surface area contributed by atoms with Crippen molar-refractivity contribution in [3.05, 3.63) is 47.5 Å². The highest BCUT2D eigenvalue weighted by molar-refractivity contribution is 5.97. The van der Waals surface area contributed by atoms with Crippen molar-refractivity contribution >= 4 is 11.6 Å². The van der Waals surface area contributed by atoms with E-state index in [4.69, 9.17) is 9.47 Å². The van der Waals surface area contributed by atoms with Gasteiger partial charge in [0.25, 0.3) is 5.91 Å². The molecule has 32 heavy (non-hydrogen) atoms. The summed E-state index contributed by atoms with van der Waals surface area (Å²) in [6, 6.07) is 11.3. The smallest absolute Gasteiger partial charge is 0.262 e. The molecule has 7 nitrogen and oxygen atoms in total. The monoisotopic (exact) mass is 440 g/mol. The Morgan fingerprint density at radius 2 is 1.91 bits per heavy atom. The van der Waals surface area contributed by atoms with Gasteiger partial charge in [0.15, 0.2) is 12.4 Å². The Bertz CT molecular complexity index is 938. The molecular weight excluding hydrogens is 408 g/mol. The van der Waals surface area contributed by atoms with Crippen molar-refractivity contribution in [2.45, 2.75) is 56.6 Å². The molecule has 1 aliphatic carbocycles. The normalized spacial score (nSPS) is 18.2. The first-order valence-electron chi connectivity index (χ1n) is 11.3. The van der Waals surface area contributed by atoms with Crippen LogP contribution in [-0.4, -0.2) is 41.9 Å². The minimum atomic E-state index is -0.820. The molecule has 1 atom stereocenters. The van der Waals surface area contributed by atoms with Crippen LogP contribution in [0.3, 0.4) is 0 Å². The van der Waals surface area contributed by atoms with Crippen LogP contribution in [0.2, 0.25) is 0 Å². The number of hydrogen-bond acceptors (Lipinski definition) is 6. The highest BCUT2D eigenvalue weighted by Gasteiger charge is 2.33. The molecule has 172 valence electrons. The van der Waals surface area contributed by atoms with Crippen molar-refractivity contribution in [1.82, 2.24) is 5.32 Å². The molecule has 1 unspecified atom stereocenters. The molecule has 0 radical (unpaired) electrons. The topological polar surface area (TPSA) is 100 Å². The number of hydrogen-bond donors (Lipinski definition) is 4. The van der Waals surface area contributed by atoms with Gasteiger partial charge >= 0.3 is 0 Å². The van der Waals surface area contributed by atoms with Crippen molar-refractivity contribution in [1.29, 1.82) is 0 Å². The predicted octanol–water partition coefficient (Wildman–Crippen LogP) is 3.69. The van der Waals surface area contributed by atoms with Gasteiger partial charge in [-0.05, 0) is 55.5 Å². The fourth-order valence-electron chi connectivity index (χ4n) is 4.78. The Morgan fingerprint density at radius 3 is 2.62 bits per heavy atom. The van der Waals surface area contributed by atoms with E-state index >= 15 is 0 Å². The Balaban J connectivity index is 1.44. The van der Waals surface area contributed by atoms with E-state index in [1.165, 1.54) is 30.9 Å². The number of aliphatic hydroxyl groups is 1. The van der Waals surface area contributed by atoms with E-state index in [2.05, 4.69) is 22.8 Å². The summed E-state index contributed by atoms with van der Waals surface area (Å²) in [7, 11) is 1.67. The van der Waals surface area contributed by atoms with Gasteiger partial charge in [-0.1, -0.05) is 31.4 Å². The zero-order chi connectivity index (χ0) is 22.6. The summed E-state index contributed by atoms with van der Waals surface area (Å²) >= 11 is 0. The number of benzene rings is 2. The number of fused-ring (bicyclic) bond motifs is 1. The summed E-state index contributed by atoms with van der Waals surface area (Å²) in [6.45, 7) is 0.243. The van der Waals surface area contributed by atoms with Gasteiger partial charge < -0.3 is 30.3 Å². The molecule has 0 spiro atoms. The van der Waals surface area contributed by atoms with Crippen molar-refractivity contribution in [3.63, 3.8) is 0 Å². The molecule has 1 heterocycles. The number of nitrogens with one attached hydrogen (secondary N) is 2. The van der Waals surface area contributed by atoms with Gasteiger partial charge in [-0.2, -0.15) is 0 Å². The minimum absolute atomic E-state index is 0.0226. The highest BCUT2D eigenvalue weighted by Crippen LogP contribution is 2.42. The minimum Gasteiger partial charge on any atom is -0.506 e. The van der Waals surface area contributed by atoms with Gasteiger partial charge in [-0.3, -0.25) is 4.79 Å². The zero-order valence-electron chi connectivity index (χ0n) is 18.5. The first kappa shape index (κ1) is 22.4. The number of aryl methyl sites for hydroxylation is 1. The Hall–Kier alpha value is -2.77. The molecule has 1 fully saturated rings. The average molecular weight is 441 g/mol. The second-order valence-corrected chi connectivity index (χ2v) is 8.80. The summed E-state index contributed by atoms with van der Waals surface area (Å²) in [5.74, 6) is 0.810. The van der Waals surface area contributed by atoms with E-state index in [0.717, 1.165) is 31.4 Å². The number of rotatable bonds is 8. The van der Waals surface area contributed by atoms with E-state index in [1.54, 1.807) is 13.2 Å².